The van der Waals surface area contributed by atoms with Crippen molar-refractivity contribution >= 4 is 33.8 Å². The maximum Gasteiger partial charge on any atom is 0.303 e. The van der Waals surface area contributed by atoms with E-state index in [4.69, 9.17) is 9.84 Å². The Morgan fingerprint density at radius 2 is 1.97 bits per heavy atom. The van der Waals surface area contributed by atoms with Crippen LogP contribution in [0.1, 0.15) is 35.2 Å². The smallest absolute Gasteiger partial charge is 0.303 e. The molecule has 0 aliphatic carbocycles. The van der Waals surface area contributed by atoms with Gasteiger partial charge in [0, 0.05) is 12.6 Å². The van der Waals surface area contributed by atoms with Crippen LogP contribution in [0.25, 0.3) is 12.2 Å². The van der Waals surface area contributed by atoms with E-state index in [1.165, 1.54) is 4.31 Å². The molecular formula is C26H26N2O5S. The number of aryl methyl sites for hydroxylation is 2. The highest BCUT2D eigenvalue weighted by Gasteiger charge is 2.34. The predicted octanol–water partition coefficient (Wildman–Crippen LogP) is 4.69. The number of nitrogens with zero attached hydrogens (tertiary/aromatic N) is 2. The molecule has 1 N–H and O–H groups in total. The maximum absolute atomic E-state index is 13.6. The second-order valence-corrected chi connectivity index (χ2v) is 10.2. The lowest BCUT2D eigenvalue weighted by molar-refractivity contribution is -0.137. The van der Waals surface area contributed by atoms with Crippen LogP contribution in [0.2, 0.25) is 0 Å². The first-order valence-electron chi connectivity index (χ1n) is 11.0. The van der Waals surface area contributed by atoms with Crippen LogP contribution >= 0.6 is 0 Å². The van der Waals surface area contributed by atoms with Crippen molar-refractivity contribution in [3.8, 4) is 5.75 Å². The van der Waals surface area contributed by atoms with Gasteiger partial charge in [-0.1, -0.05) is 30.3 Å². The molecule has 1 aromatic heterocycles. The summed E-state index contributed by atoms with van der Waals surface area (Å²) in [5.74, 6) is -0.545. The summed E-state index contributed by atoms with van der Waals surface area (Å²) in [6.45, 7) is 3.84. The zero-order valence-corrected chi connectivity index (χ0v) is 19.8. The highest BCUT2D eigenvalue weighted by atomic mass is 32.2. The number of ether oxygens (including phenoxy) is 1. The lowest BCUT2D eigenvalue weighted by Crippen LogP contribution is -2.43. The third kappa shape index (κ3) is 5.12. The molecular weight excluding hydrogens is 452 g/mol. The minimum atomic E-state index is -3.89. The van der Waals surface area contributed by atoms with Gasteiger partial charge in [0.25, 0.3) is 10.0 Å². The first-order chi connectivity index (χ1) is 16.2. The summed E-state index contributed by atoms with van der Waals surface area (Å²) in [6, 6.07) is 15.9. The molecule has 0 saturated carbocycles. The monoisotopic (exact) mass is 478 g/mol. The largest absolute Gasteiger partial charge is 0.486 e. The average Bonchev–Trinajstić information content (AvgIpc) is 2.81. The SMILES string of the molecule is Cc1cccc(S(=O)(=O)N2C[C@H](CCC(=O)O)Oc3ccc(/C=C/c4ncccc4C)cc32)c1. The van der Waals surface area contributed by atoms with Crippen molar-refractivity contribution in [2.45, 2.75) is 37.7 Å². The molecule has 0 fully saturated rings. The highest BCUT2D eigenvalue weighted by Crippen LogP contribution is 2.39. The summed E-state index contributed by atoms with van der Waals surface area (Å²) in [5, 5.41) is 9.08. The molecule has 2 heterocycles. The Hall–Kier alpha value is -3.65. The minimum absolute atomic E-state index is 0.0308. The van der Waals surface area contributed by atoms with Crippen LogP contribution in [-0.2, 0) is 14.8 Å². The van der Waals surface area contributed by atoms with Crippen molar-refractivity contribution in [3.05, 3.63) is 83.2 Å². The highest BCUT2D eigenvalue weighted by molar-refractivity contribution is 7.92. The molecule has 0 amide bonds. The number of carbonyl (C=O) groups is 1. The van der Waals surface area contributed by atoms with E-state index in [0.29, 0.717) is 11.4 Å². The number of sulfonamides is 1. The molecule has 7 nitrogen and oxygen atoms in total. The quantitative estimate of drug-likeness (QED) is 0.529. The van der Waals surface area contributed by atoms with Crippen molar-refractivity contribution < 1.29 is 23.1 Å². The topological polar surface area (TPSA) is 96.8 Å². The van der Waals surface area contributed by atoms with Gasteiger partial charge in [-0.3, -0.25) is 14.1 Å². The van der Waals surface area contributed by atoms with Gasteiger partial charge >= 0.3 is 5.97 Å². The Bertz CT molecular complexity index is 1350. The molecule has 0 spiro atoms. The lowest BCUT2D eigenvalue weighted by atomic mass is 10.1. The van der Waals surface area contributed by atoms with E-state index in [-0.39, 0.29) is 24.3 Å². The molecule has 1 aliphatic heterocycles. The molecule has 0 unspecified atom stereocenters. The number of carboxylic acids is 1. The van der Waals surface area contributed by atoms with Crippen LogP contribution in [0.5, 0.6) is 5.75 Å². The van der Waals surface area contributed by atoms with Crippen molar-refractivity contribution in [2.75, 3.05) is 10.8 Å². The van der Waals surface area contributed by atoms with E-state index in [1.807, 2.05) is 50.3 Å². The molecule has 0 bridgehead atoms. The van der Waals surface area contributed by atoms with Crippen molar-refractivity contribution in [1.82, 2.24) is 4.98 Å². The zero-order chi connectivity index (χ0) is 24.3. The van der Waals surface area contributed by atoms with Gasteiger partial charge in [0.1, 0.15) is 11.9 Å². The van der Waals surface area contributed by atoms with Gasteiger partial charge in [-0.15, -0.1) is 0 Å². The Morgan fingerprint density at radius 1 is 1.15 bits per heavy atom. The second-order valence-electron chi connectivity index (χ2n) is 8.29. The fourth-order valence-corrected chi connectivity index (χ4v) is 5.45. The normalized spacial score (nSPS) is 15.7. The minimum Gasteiger partial charge on any atom is -0.486 e. The molecule has 34 heavy (non-hydrogen) atoms. The predicted molar refractivity (Wildman–Crippen MR) is 131 cm³/mol. The summed E-state index contributed by atoms with van der Waals surface area (Å²) in [6.07, 6.45) is 5.01. The van der Waals surface area contributed by atoms with Crippen LogP contribution < -0.4 is 9.04 Å². The van der Waals surface area contributed by atoms with Crippen LogP contribution in [0.15, 0.2) is 65.7 Å². The fraction of sp³-hybridized carbons (Fsp3) is 0.231. The van der Waals surface area contributed by atoms with Gasteiger partial charge in [0.15, 0.2) is 0 Å². The number of carboxylic acid groups (broad SMARTS) is 1. The van der Waals surface area contributed by atoms with Gasteiger partial charge < -0.3 is 9.84 Å². The molecule has 176 valence electrons. The van der Waals surface area contributed by atoms with Crippen LogP contribution in [0.4, 0.5) is 5.69 Å². The van der Waals surface area contributed by atoms with Crippen LogP contribution in [0.3, 0.4) is 0 Å². The molecule has 3 aromatic rings. The first kappa shape index (κ1) is 23.5. The van der Waals surface area contributed by atoms with E-state index in [1.54, 1.807) is 36.5 Å². The van der Waals surface area contributed by atoms with Gasteiger partial charge in [-0.05, 0) is 73.4 Å². The van der Waals surface area contributed by atoms with Gasteiger partial charge in [0.05, 0.1) is 22.8 Å². The molecule has 0 saturated heterocycles. The summed E-state index contributed by atoms with van der Waals surface area (Å²) in [4.78, 5) is 15.6. The van der Waals surface area contributed by atoms with Crippen molar-refractivity contribution in [2.24, 2.45) is 0 Å². The lowest BCUT2D eigenvalue weighted by Gasteiger charge is -2.35. The third-order valence-electron chi connectivity index (χ3n) is 5.66. The molecule has 4 rings (SSSR count). The van der Waals surface area contributed by atoms with E-state index < -0.39 is 22.1 Å². The van der Waals surface area contributed by atoms with Crippen molar-refractivity contribution in [3.63, 3.8) is 0 Å². The van der Waals surface area contributed by atoms with E-state index >= 15 is 0 Å². The van der Waals surface area contributed by atoms with Gasteiger partial charge in [-0.25, -0.2) is 8.42 Å². The van der Waals surface area contributed by atoms with E-state index in [0.717, 1.165) is 22.4 Å². The molecule has 1 atom stereocenters. The Morgan fingerprint density at radius 3 is 2.71 bits per heavy atom. The maximum atomic E-state index is 13.6. The number of aromatic nitrogens is 1. The number of aliphatic carboxylic acids is 1. The average molecular weight is 479 g/mol. The number of fused-ring (bicyclic) bond motifs is 1. The number of hydrogen-bond donors (Lipinski definition) is 1. The first-order valence-corrected chi connectivity index (χ1v) is 12.4. The Labute approximate surface area is 199 Å². The number of anilines is 1. The third-order valence-corrected chi connectivity index (χ3v) is 7.43. The number of hydrogen-bond acceptors (Lipinski definition) is 5. The number of pyridine rings is 1. The van der Waals surface area contributed by atoms with Crippen LogP contribution in [-0.4, -0.2) is 37.1 Å². The molecule has 0 radical (unpaired) electrons. The summed E-state index contributed by atoms with van der Waals surface area (Å²) in [5.41, 5.74) is 3.91. The second kappa shape index (κ2) is 9.69. The van der Waals surface area contributed by atoms with Crippen molar-refractivity contribution in [1.29, 1.82) is 0 Å². The van der Waals surface area contributed by atoms with Gasteiger partial charge in [-0.2, -0.15) is 0 Å². The van der Waals surface area contributed by atoms with Crippen LogP contribution in [0, 0.1) is 13.8 Å². The fourth-order valence-electron chi connectivity index (χ4n) is 3.85. The summed E-state index contributed by atoms with van der Waals surface area (Å²) < 4.78 is 34.6. The molecule has 8 heteroatoms. The Balaban J connectivity index is 1.73. The standard InChI is InChI=1S/C26H26N2O5S/c1-18-5-3-7-22(15-18)34(31,32)28-17-21(10-13-26(29)30)33-25-12-9-20(16-24(25)28)8-11-23-19(2)6-4-14-27-23/h3-9,11-12,14-16,21H,10,13,17H2,1-2H3,(H,29,30)/b11-8+/t21-/m0/s1. The Kier molecular flexibility index (Phi) is 6.70. The zero-order valence-electron chi connectivity index (χ0n) is 19.0. The van der Waals surface area contributed by atoms with E-state index in [2.05, 4.69) is 4.98 Å². The summed E-state index contributed by atoms with van der Waals surface area (Å²) in [7, 11) is -3.89. The van der Waals surface area contributed by atoms with Gasteiger partial charge in [0.2, 0.25) is 0 Å². The molecule has 2 aromatic carbocycles. The number of benzene rings is 2. The van der Waals surface area contributed by atoms with E-state index in [9.17, 15) is 13.2 Å². The summed E-state index contributed by atoms with van der Waals surface area (Å²) >= 11 is 0. The molecule has 1 aliphatic rings. The number of rotatable bonds is 7.